The minimum absolute atomic E-state index is 0.423. The van der Waals surface area contributed by atoms with Gasteiger partial charge in [0.2, 0.25) is 0 Å². The maximum atomic E-state index is 5.67. The monoisotopic (exact) mass is 239 g/mol. The molecule has 1 N–H and O–H groups in total. The molecule has 3 unspecified atom stereocenters. The summed E-state index contributed by atoms with van der Waals surface area (Å²) < 4.78 is 5.67. The molecule has 0 radical (unpaired) electrons. The van der Waals surface area contributed by atoms with Crippen molar-refractivity contribution in [3.8, 4) is 0 Å². The van der Waals surface area contributed by atoms with Crippen LogP contribution < -0.4 is 5.32 Å². The summed E-state index contributed by atoms with van der Waals surface area (Å²) in [6, 6.07) is 4.99. The molecule has 0 amide bonds. The number of nitrogens with one attached hydrogen (secondary N) is 1. The first-order valence-corrected chi connectivity index (χ1v) is 6.93. The highest BCUT2D eigenvalue weighted by Crippen LogP contribution is 2.34. The van der Waals surface area contributed by atoms with Gasteiger partial charge in [0.1, 0.15) is 0 Å². The molecule has 1 fully saturated rings. The third-order valence-electron chi connectivity index (χ3n) is 3.35. The highest BCUT2D eigenvalue weighted by atomic mass is 32.1. The Labute approximate surface area is 102 Å². The predicted octanol–water partition coefficient (Wildman–Crippen LogP) is 3.00. The summed E-state index contributed by atoms with van der Waals surface area (Å²) in [4.78, 5) is 2.93. The molecule has 2 rings (SSSR count). The van der Waals surface area contributed by atoms with Crippen LogP contribution in [0.2, 0.25) is 0 Å². The molecule has 16 heavy (non-hydrogen) atoms. The second-order valence-electron chi connectivity index (χ2n) is 4.56. The second-order valence-corrected chi connectivity index (χ2v) is 5.76. The van der Waals surface area contributed by atoms with Crippen molar-refractivity contribution >= 4 is 11.3 Å². The number of hydrogen-bond acceptors (Lipinski definition) is 3. The fourth-order valence-electron chi connectivity index (χ4n) is 2.44. The van der Waals surface area contributed by atoms with Crippen LogP contribution in [0, 0.1) is 5.92 Å². The molecule has 0 aliphatic carbocycles. The Morgan fingerprint density at radius 1 is 1.56 bits per heavy atom. The molecule has 0 aromatic carbocycles. The first-order chi connectivity index (χ1) is 7.74. The average Bonchev–Trinajstić information content (AvgIpc) is 2.89. The molecule has 1 aliphatic rings. The topological polar surface area (TPSA) is 21.3 Å². The zero-order valence-electron chi connectivity index (χ0n) is 10.3. The second kappa shape index (κ2) is 5.30. The van der Waals surface area contributed by atoms with Gasteiger partial charge in [-0.3, -0.25) is 0 Å². The normalized spacial score (nSPS) is 27.2. The zero-order chi connectivity index (χ0) is 11.5. The summed E-state index contributed by atoms with van der Waals surface area (Å²) in [5.41, 5.74) is 0. The Balaban J connectivity index is 2.09. The lowest BCUT2D eigenvalue weighted by Gasteiger charge is -2.20. The summed E-state index contributed by atoms with van der Waals surface area (Å²) in [5.74, 6) is 0.628. The van der Waals surface area contributed by atoms with Gasteiger partial charge in [-0.05, 0) is 38.9 Å². The van der Waals surface area contributed by atoms with E-state index in [0.29, 0.717) is 18.1 Å². The van der Waals surface area contributed by atoms with Crippen molar-refractivity contribution in [1.82, 2.24) is 5.32 Å². The molecule has 2 nitrogen and oxygen atoms in total. The fourth-order valence-corrected chi connectivity index (χ4v) is 3.60. The summed E-state index contributed by atoms with van der Waals surface area (Å²) in [7, 11) is 2.05. The van der Waals surface area contributed by atoms with E-state index in [2.05, 4.69) is 38.3 Å². The van der Waals surface area contributed by atoms with Crippen molar-refractivity contribution in [3.05, 3.63) is 21.9 Å². The molecule has 0 spiro atoms. The van der Waals surface area contributed by atoms with E-state index in [4.69, 9.17) is 4.74 Å². The van der Waals surface area contributed by atoms with E-state index in [1.165, 1.54) is 16.2 Å². The molecule has 0 saturated carbocycles. The van der Waals surface area contributed by atoms with Gasteiger partial charge in [0, 0.05) is 21.7 Å². The molecule has 90 valence electrons. The predicted molar refractivity (Wildman–Crippen MR) is 69.0 cm³/mol. The first kappa shape index (κ1) is 12.1. The van der Waals surface area contributed by atoms with E-state index >= 15 is 0 Å². The Morgan fingerprint density at radius 3 is 2.88 bits per heavy atom. The van der Waals surface area contributed by atoms with Crippen molar-refractivity contribution in [2.75, 3.05) is 13.7 Å². The number of rotatable bonds is 4. The smallest absolute Gasteiger partial charge is 0.0551 e. The lowest BCUT2D eigenvalue weighted by Crippen LogP contribution is -2.24. The third kappa shape index (κ3) is 2.47. The van der Waals surface area contributed by atoms with Crippen LogP contribution in [0.15, 0.2) is 12.1 Å². The van der Waals surface area contributed by atoms with Gasteiger partial charge in [-0.15, -0.1) is 11.3 Å². The molecule has 1 aromatic rings. The van der Waals surface area contributed by atoms with Crippen molar-refractivity contribution in [3.63, 3.8) is 0 Å². The number of ether oxygens (including phenoxy) is 1. The summed E-state index contributed by atoms with van der Waals surface area (Å²) >= 11 is 1.94. The van der Waals surface area contributed by atoms with E-state index in [1.54, 1.807) is 0 Å². The fraction of sp³-hybridized carbons (Fsp3) is 0.692. The van der Waals surface area contributed by atoms with E-state index in [-0.39, 0.29) is 0 Å². The van der Waals surface area contributed by atoms with E-state index in [1.807, 2.05) is 11.3 Å². The van der Waals surface area contributed by atoms with Crippen LogP contribution in [0.5, 0.6) is 0 Å². The van der Waals surface area contributed by atoms with Gasteiger partial charge in [0.25, 0.3) is 0 Å². The van der Waals surface area contributed by atoms with Crippen LogP contribution in [0.1, 0.15) is 36.1 Å². The van der Waals surface area contributed by atoms with Gasteiger partial charge in [0.05, 0.1) is 12.7 Å². The largest absolute Gasteiger partial charge is 0.378 e. The highest BCUT2D eigenvalue weighted by molar-refractivity contribution is 7.12. The minimum Gasteiger partial charge on any atom is -0.378 e. The molecular formula is C13H21NOS. The lowest BCUT2D eigenvalue weighted by molar-refractivity contribution is 0.117. The van der Waals surface area contributed by atoms with Gasteiger partial charge >= 0.3 is 0 Å². The molecular weight excluding hydrogens is 218 g/mol. The van der Waals surface area contributed by atoms with Crippen LogP contribution in [-0.2, 0) is 11.2 Å². The van der Waals surface area contributed by atoms with Crippen molar-refractivity contribution in [1.29, 1.82) is 0 Å². The number of aryl methyl sites for hydroxylation is 1. The van der Waals surface area contributed by atoms with Crippen LogP contribution in [-0.4, -0.2) is 19.8 Å². The van der Waals surface area contributed by atoms with Gasteiger partial charge in [-0.25, -0.2) is 0 Å². The van der Waals surface area contributed by atoms with Crippen molar-refractivity contribution < 1.29 is 4.74 Å². The van der Waals surface area contributed by atoms with Crippen molar-refractivity contribution in [2.45, 2.75) is 38.8 Å². The quantitative estimate of drug-likeness (QED) is 0.872. The van der Waals surface area contributed by atoms with Gasteiger partial charge in [-0.1, -0.05) is 6.92 Å². The molecule has 2 heterocycles. The highest BCUT2D eigenvalue weighted by Gasteiger charge is 2.30. The molecule has 3 atom stereocenters. The third-order valence-corrected chi connectivity index (χ3v) is 4.66. The summed E-state index contributed by atoms with van der Waals surface area (Å²) in [6.07, 6.45) is 2.73. The Morgan fingerprint density at radius 2 is 2.38 bits per heavy atom. The lowest BCUT2D eigenvalue weighted by atomic mass is 9.96. The van der Waals surface area contributed by atoms with E-state index in [9.17, 15) is 0 Å². The minimum atomic E-state index is 0.423. The van der Waals surface area contributed by atoms with E-state index in [0.717, 1.165) is 13.0 Å². The van der Waals surface area contributed by atoms with Gasteiger partial charge in [0.15, 0.2) is 0 Å². The molecule has 0 bridgehead atoms. The zero-order valence-corrected chi connectivity index (χ0v) is 11.1. The SMILES string of the molecule is CCc1ccc(C(NC)C2COC(C)C2)s1. The maximum absolute atomic E-state index is 5.67. The number of hydrogen-bond donors (Lipinski definition) is 1. The molecule has 1 aliphatic heterocycles. The van der Waals surface area contributed by atoms with Crippen LogP contribution in [0.4, 0.5) is 0 Å². The van der Waals surface area contributed by atoms with Crippen LogP contribution in [0.25, 0.3) is 0 Å². The summed E-state index contributed by atoms with van der Waals surface area (Å²) in [5, 5.41) is 3.45. The number of thiophene rings is 1. The first-order valence-electron chi connectivity index (χ1n) is 6.12. The maximum Gasteiger partial charge on any atom is 0.0551 e. The standard InChI is InChI=1S/C13H21NOS/c1-4-11-5-6-12(16-11)13(14-3)10-7-9(2)15-8-10/h5-6,9-10,13-14H,4,7-8H2,1-3H3. The Kier molecular flexibility index (Phi) is 4.00. The van der Waals surface area contributed by atoms with Crippen LogP contribution >= 0.6 is 11.3 Å². The van der Waals surface area contributed by atoms with Gasteiger partial charge in [-0.2, -0.15) is 0 Å². The molecule has 1 saturated heterocycles. The Bertz CT molecular complexity index is 336. The van der Waals surface area contributed by atoms with Crippen LogP contribution in [0.3, 0.4) is 0 Å². The van der Waals surface area contributed by atoms with E-state index < -0.39 is 0 Å². The molecule has 3 heteroatoms. The average molecular weight is 239 g/mol. The summed E-state index contributed by atoms with van der Waals surface area (Å²) in [6.45, 7) is 5.27. The Hall–Kier alpha value is -0.380. The van der Waals surface area contributed by atoms with Gasteiger partial charge < -0.3 is 10.1 Å². The molecule has 1 aromatic heterocycles. The van der Waals surface area contributed by atoms with Crippen molar-refractivity contribution in [2.24, 2.45) is 5.92 Å².